The van der Waals surface area contributed by atoms with Crippen LogP contribution in [0.15, 0.2) is 71.7 Å². The first kappa shape index (κ1) is 28.1. The number of aliphatic imine (C=N–C) groups is 1. The average Bonchev–Trinajstić information content (AvgIpc) is 3.36. The molecular formula is C31H36N2O6. The highest BCUT2D eigenvalue weighted by molar-refractivity contribution is 6.00. The molecule has 3 aromatic carbocycles. The van der Waals surface area contributed by atoms with Crippen LogP contribution in [0, 0.1) is 0 Å². The summed E-state index contributed by atoms with van der Waals surface area (Å²) in [7, 11) is 0. The number of esters is 1. The van der Waals surface area contributed by atoms with Crippen molar-refractivity contribution in [2.24, 2.45) is 4.99 Å². The van der Waals surface area contributed by atoms with Crippen LogP contribution < -0.4 is 10.1 Å². The molecule has 1 aliphatic rings. The lowest BCUT2D eigenvalue weighted by Crippen LogP contribution is -2.47. The Labute approximate surface area is 229 Å². The van der Waals surface area contributed by atoms with Crippen LogP contribution in [0.1, 0.15) is 51.2 Å². The predicted octanol–water partition coefficient (Wildman–Crippen LogP) is 4.55. The van der Waals surface area contributed by atoms with Crippen LogP contribution in [0.2, 0.25) is 0 Å². The van der Waals surface area contributed by atoms with Gasteiger partial charge in [0.25, 0.3) is 5.91 Å². The molecule has 0 saturated carbocycles. The molecule has 3 aromatic rings. The first-order valence-corrected chi connectivity index (χ1v) is 13.2. The Balaban J connectivity index is 1.53. The summed E-state index contributed by atoms with van der Waals surface area (Å²) in [6.07, 6.45) is 0.720. The van der Waals surface area contributed by atoms with Gasteiger partial charge < -0.3 is 24.6 Å². The van der Waals surface area contributed by atoms with Crippen LogP contribution >= 0.6 is 0 Å². The van der Waals surface area contributed by atoms with Gasteiger partial charge in [0.1, 0.15) is 18.0 Å². The van der Waals surface area contributed by atoms with Crippen molar-refractivity contribution in [2.45, 2.75) is 57.7 Å². The van der Waals surface area contributed by atoms with Crippen LogP contribution in [0.25, 0.3) is 10.8 Å². The molecule has 0 radical (unpaired) electrons. The quantitative estimate of drug-likeness (QED) is 0.277. The van der Waals surface area contributed by atoms with Gasteiger partial charge in [-0.05, 0) is 67.8 Å². The van der Waals surface area contributed by atoms with E-state index in [1.165, 1.54) is 0 Å². The Hall–Kier alpha value is -3.91. The third kappa shape index (κ3) is 7.35. The van der Waals surface area contributed by atoms with Gasteiger partial charge in [0, 0.05) is 31.6 Å². The lowest BCUT2D eigenvalue weighted by molar-refractivity contribution is -0.155. The fourth-order valence-corrected chi connectivity index (χ4v) is 4.39. The highest BCUT2D eigenvalue weighted by Gasteiger charge is 2.44. The second kappa shape index (κ2) is 12.3. The third-order valence-corrected chi connectivity index (χ3v) is 6.34. The molecule has 39 heavy (non-hydrogen) atoms. The monoisotopic (exact) mass is 532 g/mol. The van der Waals surface area contributed by atoms with E-state index in [4.69, 9.17) is 24.3 Å². The molecule has 0 unspecified atom stereocenters. The molecule has 0 bridgehead atoms. The van der Waals surface area contributed by atoms with Gasteiger partial charge in [0.05, 0.1) is 6.61 Å². The maximum atomic E-state index is 13.7. The number of ether oxygens (including phenoxy) is 3. The number of rotatable bonds is 11. The number of hydrogen-bond donors (Lipinski definition) is 2. The van der Waals surface area contributed by atoms with Crippen LogP contribution in [0.4, 0.5) is 0 Å². The lowest BCUT2D eigenvalue weighted by Gasteiger charge is -2.24. The van der Waals surface area contributed by atoms with E-state index in [1.54, 1.807) is 12.1 Å². The topological polar surface area (TPSA) is 106 Å². The molecule has 1 heterocycles. The zero-order chi connectivity index (χ0) is 27.9. The molecule has 0 aliphatic carbocycles. The Morgan fingerprint density at radius 3 is 2.54 bits per heavy atom. The smallest absolute Gasteiger partial charge is 0.306 e. The fraction of sp³-hybridized carbons (Fsp3) is 0.387. The van der Waals surface area contributed by atoms with Crippen LogP contribution in [-0.2, 0) is 25.6 Å². The molecule has 1 amide bonds. The lowest BCUT2D eigenvalue weighted by atomic mass is 9.93. The van der Waals surface area contributed by atoms with E-state index >= 15 is 0 Å². The second-order valence-electron chi connectivity index (χ2n) is 10.6. The van der Waals surface area contributed by atoms with Gasteiger partial charge in [-0.25, -0.2) is 4.99 Å². The number of benzene rings is 3. The average molecular weight is 533 g/mol. The summed E-state index contributed by atoms with van der Waals surface area (Å²) in [6, 6.07) is 21.2. The predicted molar refractivity (Wildman–Crippen MR) is 150 cm³/mol. The van der Waals surface area contributed by atoms with E-state index in [0.29, 0.717) is 36.8 Å². The highest BCUT2D eigenvalue weighted by atomic mass is 16.6. The van der Waals surface area contributed by atoms with Crippen molar-refractivity contribution >= 4 is 28.5 Å². The third-order valence-electron chi connectivity index (χ3n) is 6.34. The number of carbonyl (C=O) groups is 2. The minimum absolute atomic E-state index is 0.0151. The van der Waals surface area contributed by atoms with Gasteiger partial charge >= 0.3 is 5.97 Å². The SMILES string of the molecule is CC(C)(C)OC(=O)CC[C@]1(C(=O)NCc2cccc3ccccc23)COC(c2ccc(OCCCO)cc2)=N1. The molecule has 206 valence electrons. The summed E-state index contributed by atoms with van der Waals surface area (Å²) < 4.78 is 17.0. The summed E-state index contributed by atoms with van der Waals surface area (Å²) in [5, 5.41) is 14.1. The van der Waals surface area contributed by atoms with E-state index in [2.05, 4.69) is 5.32 Å². The number of fused-ring (bicyclic) bond motifs is 1. The molecule has 0 spiro atoms. The summed E-state index contributed by atoms with van der Waals surface area (Å²) >= 11 is 0. The highest BCUT2D eigenvalue weighted by Crippen LogP contribution is 2.29. The summed E-state index contributed by atoms with van der Waals surface area (Å²) in [5.74, 6) is 0.297. The first-order chi connectivity index (χ1) is 18.7. The molecule has 1 aliphatic heterocycles. The van der Waals surface area contributed by atoms with Crippen molar-refractivity contribution in [3.8, 4) is 5.75 Å². The molecule has 0 fully saturated rings. The van der Waals surface area contributed by atoms with E-state index in [-0.39, 0.29) is 32.0 Å². The summed E-state index contributed by atoms with van der Waals surface area (Å²) in [6.45, 7) is 6.24. The van der Waals surface area contributed by atoms with Gasteiger partial charge in [0.2, 0.25) is 5.90 Å². The number of nitrogens with one attached hydrogen (secondary N) is 1. The summed E-state index contributed by atoms with van der Waals surface area (Å²) in [4.78, 5) is 30.9. The Bertz CT molecular complexity index is 1320. The van der Waals surface area contributed by atoms with Crippen LogP contribution in [0.3, 0.4) is 0 Å². The Kier molecular flexibility index (Phi) is 8.86. The molecule has 8 heteroatoms. The van der Waals surface area contributed by atoms with Crippen molar-refractivity contribution in [3.05, 3.63) is 77.9 Å². The van der Waals surface area contributed by atoms with Crippen LogP contribution in [-0.4, -0.2) is 53.8 Å². The molecule has 4 rings (SSSR count). The van der Waals surface area contributed by atoms with Crippen molar-refractivity contribution < 1.29 is 28.9 Å². The standard InChI is InChI=1S/C31H36N2O6/c1-30(2,3)39-27(35)16-17-31(29(36)32-20-24-10-6-9-22-8-4-5-11-26(22)24)21-38-28(33-31)23-12-14-25(15-13-23)37-19-7-18-34/h4-6,8-15,34H,7,16-21H2,1-3H3,(H,32,36)/t31-/m1/s1. The van der Waals surface area contributed by atoms with E-state index in [9.17, 15) is 9.59 Å². The maximum Gasteiger partial charge on any atom is 0.306 e. The molecule has 2 N–H and O–H groups in total. The first-order valence-electron chi connectivity index (χ1n) is 13.2. The largest absolute Gasteiger partial charge is 0.494 e. The minimum atomic E-state index is -1.27. The van der Waals surface area contributed by atoms with Crippen molar-refractivity contribution in [1.82, 2.24) is 5.32 Å². The van der Waals surface area contributed by atoms with E-state index in [1.807, 2.05) is 75.4 Å². The summed E-state index contributed by atoms with van der Waals surface area (Å²) in [5.41, 5.74) is -0.204. The van der Waals surface area contributed by atoms with Crippen molar-refractivity contribution in [2.75, 3.05) is 19.8 Å². The molecular weight excluding hydrogens is 496 g/mol. The number of hydrogen-bond acceptors (Lipinski definition) is 7. The number of carbonyl (C=O) groups excluding carboxylic acids is 2. The molecule has 1 atom stereocenters. The Morgan fingerprint density at radius 2 is 1.79 bits per heavy atom. The zero-order valence-corrected chi connectivity index (χ0v) is 22.7. The maximum absolute atomic E-state index is 13.7. The van der Waals surface area contributed by atoms with Crippen LogP contribution in [0.5, 0.6) is 5.75 Å². The fourth-order valence-electron chi connectivity index (χ4n) is 4.39. The molecule has 8 nitrogen and oxygen atoms in total. The van der Waals surface area contributed by atoms with Crippen molar-refractivity contribution in [3.63, 3.8) is 0 Å². The Morgan fingerprint density at radius 1 is 1.05 bits per heavy atom. The van der Waals surface area contributed by atoms with Gasteiger partial charge in [-0.1, -0.05) is 42.5 Å². The van der Waals surface area contributed by atoms with E-state index < -0.39 is 17.1 Å². The van der Waals surface area contributed by atoms with Gasteiger partial charge in [-0.2, -0.15) is 0 Å². The van der Waals surface area contributed by atoms with Gasteiger partial charge in [-0.3, -0.25) is 9.59 Å². The second-order valence-corrected chi connectivity index (χ2v) is 10.6. The number of aliphatic hydroxyl groups is 1. The zero-order valence-electron chi connectivity index (χ0n) is 22.7. The number of nitrogens with zero attached hydrogens (tertiary/aromatic N) is 1. The van der Waals surface area contributed by atoms with Gasteiger partial charge in [0.15, 0.2) is 5.54 Å². The van der Waals surface area contributed by atoms with E-state index in [0.717, 1.165) is 16.3 Å². The van der Waals surface area contributed by atoms with Crippen molar-refractivity contribution in [1.29, 1.82) is 0 Å². The van der Waals surface area contributed by atoms with Gasteiger partial charge in [-0.15, -0.1) is 0 Å². The normalized spacial score (nSPS) is 16.9. The molecule has 0 saturated heterocycles. The number of amides is 1. The number of aliphatic hydroxyl groups excluding tert-OH is 1. The minimum Gasteiger partial charge on any atom is -0.494 e. The molecule has 0 aromatic heterocycles.